The standard InChI is InChI=1S/C25H22ClN3O4/c1-32-21-12-11-15(26)14-18(21)28-25(31)29-19-8-3-2-6-16(19)27-17-7-4-9-20(30)23(17)24(29)22-10-5-13-33-22/h2-3,5-6,8,10-14,24,27H,4,7,9H2,1H3,(H,28,31). The summed E-state index contributed by atoms with van der Waals surface area (Å²) in [4.78, 5) is 28.6. The molecule has 0 bridgehead atoms. The Balaban J connectivity index is 1.67. The number of rotatable bonds is 3. The predicted molar refractivity (Wildman–Crippen MR) is 127 cm³/mol. The van der Waals surface area contributed by atoms with Gasteiger partial charge in [-0.25, -0.2) is 4.79 Å². The number of amides is 2. The number of allylic oxidation sites excluding steroid dienone is 1. The minimum absolute atomic E-state index is 0.00362. The molecule has 7 nitrogen and oxygen atoms in total. The summed E-state index contributed by atoms with van der Waals surface area (Å²) < 4.78 is 11.2. The lowest BCUT2D eigenvalue weighted by Gasteiger charge is -2.32. The Labute approximate surface area is 196 Å². The molecule has 33 heavy (non-hydrogen) atoms. The van der Waals surface area contributed by atoms with Crippen molar-refractivity contribution in [3.8, 4) is 5.75 Å². The molecule has 0 radical (unpaired) electrons. The Morgan fingerprint density at radius 2 is 2.03 bits per heavy atom. The van der Waals surface area contributed by atoms with Crippen LogP contribution in [-0.2, 0) is 4.79 Å². The number of carbonyl (C=O) groups excluding carboxylic acids is 2. The first kappa shape index (κ1) is 21.2. The van der Waals surface area contributed by atoms with Crippen LogP contribution in [0.15, 0.2) is 76.5 Å². The van der Waals surface area contributed by atoms with Crippen LogP contribution in [0.1, 0.15) is 31.1 Å². The van der Waals surface area contributed by atoms with E-state index in [0.29, 0.717) is 46.3 Å². The van der Waals surface area contributed by atoms with E-state index >= 15 is 0 Å². The fourth-order valence-corrected chi connectivity index (χ4v) is 4.60. The number of furan rings is 1. The van der Waals surface area contributed by atoms with Gasteiger partial charge in [-0.15, -0.1) is 0 Å². The highest BCUT2D eigenvalue weighted by Crippen LogP contribution is 2.45. The fourth-order valence-electron chi connectivity index (χ4n) is 4.43. The number of fused-ring (bicyclic) bond motifs is 1. The molecule has 5 rings (SSSR count). The molecule has 1 aromatic heterocycles. The van der Waals surface area contributed by atoms with Crippen molar-refractivity contribution in [2.45, 2.75) is 25.3 Å². The molecule has 2 amide bonds. The minimum Gasteiger partial charge on any atom is -0.495 e. The third-order valence-corrected chi connectivity index (χ3v) is 6.11. The van der Waals surface area contributed by atoms with Gasteiger partial charge in [0, 0.05) is 22.7 Å². The van der Waals surface area contributed by atoms with Crippen molar-refractivity contribution in [3.05, 3.63) is 82.9 Å². The van der Waals surface area contributed by atoms with Crippen LogP contribution in [0.25, 0.3) is 0 Å². The van der Waals surface area contributed by atoms with Crippen molar-refractivity contribution >= 4 is 40.5 Å². The van der Waals surface area contributed by atoms with Crippen LogP contribution < -0.4 is 20.3 Å². The molecule has 0 saturated heterocycles. The van der Waals surface area contributed by atoms with Crippen molar-refractivity contribution in [2.75, 3.05) is 22.6 Å². The number of carbonyl (C=O) groups is 2. The lowest BCUT2D eigenvalue weighted by molar-refractivity contribution is -0.116. The van der Waals surface area contributed by atoms with E-state index in [4.69, 9.17) is 20.8 Å². The Hall–Kier alpha value is -3.71. The second-order valence-electron chi connectivity index (χ2n) is 7.87. The van der Waals surface area contributed by atoms with Gasteiger partial charge in [0.15, 0.2) is 5.78 Å². The summed E-state index contributed by atoms with van der Waals surface area (Å²) in [6.45, 7) is 0. The number of para-hydroxylation sites is 2. The molecule has 0 fully saturated rings. The quantitative estimate of drug-likeness (QED) is 0.486. The van der Waals surface area contributed by atoms with Gasteiger partial charge in [-0.2, -0.15) is 0 Å². The summed E-state index contributed by atoms with van der Waals surface area (Å²) in [7, 11) is 1.52. The van der Waals surface area contributed by atoms with Crippen molar-refractivity contribution in [1.29, 1.82) is 0 Å². The van der Waals surface area contributed by atoms with Crippen LogP contribution >= 0.6 is 11.6 Å². The summed E-state index contributed by atoms with van der Waals surface area (Å²) in [6.07, 6.45) is 3.43. The van der Waals surface area contributed by atoms with Gasteiger partial charge in [0.1, 0.15) is 17.6 Å². The summed E-state index contributed by atoms with van der Waals surface area (Å²) in [5.74, 6) is 0.970. The van der Waals surface area contributed by atoms with E-state index in [0.717, 1.165) is 17.8 Å². The van der Waals surface area contributed by atoms with Crippen LogP contribution in [0.3, 0.4) is 0 Å². The van der Waals surface area contributed by atoms with Gasteiger partial charge in [0.25, 0.3) is 0 Å². The van der Waals surface area contributed by atoms with Crippen molar-refractivity contribution in [3.63, 3.8) is 0 Å². The molecule has 2 heterocycles. The maximum absolute atomic E-state index is 13.9. The topological polar surface area (TPSA) is 83.8 Å². The zero-order valence-corrected chi connectivity index (χ0v) is 18.7. The fraction of sp³-hybridized carbons (Fsp3) is 0.200. The van der Waals surface area contributed by atoms with Gasteiger partial charge >= 0.3 is 6.03 Å². The molecule has 8 heteroatoms. The molecule has 2 N–H and O–H groups in total. The number of Topliss-reactive ketones (excluding diaryl/α,β-unsaturated/α-hetero) is 1. The first-order chi connectivity index (χ1) is 16.1. The van der Waals surface area contributed by atoms with E-state index in [1.54, 1.807) is 41.5 Å². The van der Waals surface area contributed by atoms with E-state index in [-0.39, 0.29) is 5.78 Å². The number of hydrogen-bond acceptors (Lipinski definition) is 5. The van der Waals surface area contributed by atoms with Crippen molar-refractivity contribution < 1.29 is 18.7 Å². The number of nitrogens with zero attached hydrogens (tertiary/aromatic N) is 1. The summed E-state index contributed by atoms with van der Waals surface area (Å²) >= 11 is 6.17. The zero-order chi connectivity index (χ0) is 22.9. The Bertz CT molecular complexity index is 1250. The molecule has 1 aliphatic carbocycles. The van der Waals surface area contributed by atoms with Gasteiger partial charge in [-0.05, 0) is 55.3 Å². The van der Waals surface area contributed by atoms with Gasteiger partial charge in [0.05, 0.1) is 30.4 Å². The molecule has 1 aliphatic heterocycles. The second kappa shape index (κ2) is 8.67. The zero-order valence-electron chi connectivity index (χ0n) is 17.9. The number of nitrogens with one attached hydrogen (secondary N) is 2. The van der Waals surface area contributed by atoms with E-state index in [1.807, 2.05) is 24.3 Å². The maximum atomic E-state index is 13.9. The average Bonchev–Trinajstić information content (AvgIpc) is 3.28. The molecular weight excluding hydrogens is 442 g/mol. The molecule has 168 valence electrons. The Morgan fingerprint density at radius 1 is 1.18 bits per heavy atom. The molecular formula is C25H22ClN3O4. The monoisotopic (exact) mass is 463 g/mol. The highest BCUT2D eigenvalue weighted by Gasteiger charge is 2.41. The van der Waals surface area contributed by atoms with Crippen molar-refractivity contribution in [1.82, 2.24) is 0 Å². The number of benzene rings is 2. The Morgan fingerprint density at radius 3 is 2.82 bits per heavy atom. The van der Waals surface area contributed by atoms with Gasteiger partial charge in [-0.3, -0.25) is 9.69 Å². The highest BCUT2D eigenvalue weighted by atomic mass is 35.5. The van der Waals surface area contributed by atoms with E-state index in [2.05, 4.69) is 10.6 Å². The van der Waals surface area contributed by atoms with Crippen LogP contribution in [0.2, 0.25) is 5.02 Å². The minimum atomic E-state index is -0.732. The number of ether oxygens (including phenoxy) is 1. The van der Waals surface area contributed by atoms with E-state index < -0.39 is 12.1 Å². The largest absolute Gasteiger partial charge is 0.495 e. The maximum Gasteiger partial charge on any atom is 0.327 e. The first-order valence-corrected chi connectivity index (χ1v) is 11.0. The second-order valence-corrected chi connectivity index (χ2v) is 8.31. The smallest absolute Gasteiger partial charge is 0.327 e. The third-order valence-electron chi connectivity index (χ3n) is 5.87. The summed E-state index contributed by atoms with van der Waals surface area (Å²) in [6, 6.07) is 14.8. The molecule has 0 saturated carbocycles. The first-order valence-electron chi connectivity index (χ1n) is 10.7. The number of halogens is 1. The molecule has 2 aromatic carbocycles. The number of hydrogen-bond donors (Lipinski definition) is 2. The normalized spacial score (nSPS) is 17.6. The average molecular weight is 464 g/mol. The van der Waals surface area contributed by atoms with Gasteiger partial charge in [0.2, 0.25) is 0 Å². The summed E-state index contributed by atoms with van der Waals surface area (Å²) in [5, 5.41) is 6.79. The van der Waals surface area contributed by atoms with Gasteiger partial charge < -0.3 is 19.8 Å². The van der Waals surface area contributed by atoms with Crippen LogP contribution in [0.4, 0.5) is 21.9 Å². The van der Waals surface area contributed by atoms with Gasteiger partial charge in [-0.1, -0.05) is 23.7 Å². The molecule has 3 aromatic rings. The van der Waals surface area contributed by atoms with Crippen LogP contribution in [0, 0.1) is 0 Å². The number of ketones is 1. The van der Waals surface area contributed by atoms with Crippen molar-refractivity contribution in [2.24, 2.45) is 0 Å². The SMILES string of the molecule is COc1ccc(Cl)cc1NC(=O)N1c2ccccc2NC2=C(C(=O)CCC2)C1c1ccco1. The number of methoxy groups -OCH3 is 1. The lowest BCUT2D eigenvalue weighted by Crippen LogP contribution is -2.40. The highest BCUT2D eigenvalue weighted by molar-refractivity contribution is 6.31. The predicted octanol–water partition coefficient (Wildman–Crippen LogP) is 6.15. The number of urea groups is 1. The molecule has 1 atom stereocenters. The van der Waals surface area contributed by atoms with Crippen LogP contribution in [-0.4, -0.2) is 18.9 Å². The molecule has 0 spiro atoms. The lowest BCUT2D eigenvalue weighted by atomic mass is 9.88. The molecule has 1 unspecified atom stereocenters. The third kappa shape index (κ3) is 3.85. The summed E-state index contributed by atoms with van der Waals surface area (Å²) in [5.41, 5.74) is 3.14. The number of anilines is 3. The van der Waals surface area contributed by atoms with E-state index in [9.17, 15) is 9.59 Å². The Kier molecular flexibility index (Phi) is 5.56. The van der Waals surface area contributed by atoms with Crippen LogP contribution in [0.5, 0.6) is 5.75 Å². The molecule has 2 aliphatic rings. The van der Waals surface area contributed by atoms with E-state index in [1.165, 1.54) is 7.11 Å².